The molecule has 0 N–H and O–H groups in total. The van der Waals surface area contributed by atoms with Gasteiger partial charge in [-0.05, 0) is 56.0 Å². The van der Waals surface area contributed by atoms with Gasteiger partial charge in [0.1, 0.15) is 9.77 Å². The van der Waals surface area contributed by atoms with Crippen LogP contribution in [0.15, 0.2) is 46.7 Å². The van der Waals surface area contributed by atoms with Crippen LogP contribution in [-0.2, 0) is 10.0 Å². The summed E-state index contributed by atoms with van der Waals surface area (Å²) in [4.78, 5) is 13.0. The van der Waals surface area contributed by atoms with Gasteiger partial charge in [-0.25, -0.2) is 13.1 Å². The van der Waals surface area contributed by atoms with E-state index in [9.17, 15) is 13.2 Å². The van der Waals surface area contributed by atoms with E-state index in [0.717, 1.165) is 16.9 Å². The van der Waals surface area contributed by atoms with E-state index in [1.807, 2.05) is 13.0 Å². The highest BCUT2D eigenvalue weighted by atomic mass is 32.2. The first-order chi connectivity index (χ1) is 12.2. The number of aryl methyl sites for hydroxylation is 3. The third-order valence-corrected chi connectivity index (χ3v) is 6.89. The summed E-state index contributed by atoms with van der Waals surface area (Å²) < 4.78 is 28.6. The quantitative estimate of drug-likeness (QED) is 0.686. The van der Waals surface area contributed by atoms with Crippen LogP contribution >= 0.6 is 11.3 Å². The standard InChI is InChI=1S/C18H19N3O3S2/c1-12-6-5-7-15(10-12)20(4)26(23,24)16-8-9-25-17(16)18(22)21-14(3)11-13(2)19-21/h5-11H,1-4H3. The predicted octanol–water partition coefficient (Wildman–Crippen LogP) is 3.38. The maximum Gasteiger partial charge on any atom is 0.289 e. The summed E-state index contributed by atoms with van der Waals surface area (Å²) in [6.45, 7) is 5.44. The van der Waals surface area contributed by atoms with Crippen molar-refractivity contribution < 1.29 is 13.2 Å². The van der Waals surface area contributed by atoms with E-state index in [0.29, 0.717) is 17.1 Å². The SMILES string of the molecule is Cc1cccc(N(C)S(=O)(=O)c2ccsc2C(=O)n2nc(C)cc2C)c1. The van der Waals surface area contributed by atoms with E-state index in [2.05, 4.69) is 5.10 Å². The molecule has 1 aromatic carbocycles. The molecule has 0 amide bonds. The highest BCUT2D eigenvalue weighted by Crippen LogP contribution is 2.29. The van der Waals surface area contributed by atoms with Crippen molar-refractivity contribution in [2.75, 3.05) is 11.4 Å². The van der Waals surface area contributed by atoms with Crippen molar-refractivity contribution >= 4 is 33.0 Å². The van der Waals surface area contributed by atoms with Crippen LogP contribution in [0.5, 0.6) is 0 Å². The first-order valence-electron chi connectivity index (χ1n) is 7.93. The van der Waals surface area contributed by atoms with E-state index in [1.54, 1.807) is 43.5 Å². The number of sulfonamides is 1. The van der Waals surface area contributed by atoms with Crippen LogP contribution in [0.1, 0.15) is 26.6 Å². The Labute approximate surface area is 156 Å². The highest BCUT2D eigenvalue weighted by molar-refractivity contribution is 7.93. The van der Waals surface area contributed by atoms with Crippen molar-refractivity contribution in [3.8, 4) is 0 Å². The van der Waals surface area contributed by atoms with Crippen LogP contribution < -0.4 is 4.31 Å². The van der Waals surface area contributed by atoms with Gasteiger partial charge in [0.2, 0.25) is 0 Å². The first kappa shape index (κ1) is 18.3. The molecular weight excluding hydrogens is 370 g/mol. The van der Waals surface area contributed by atoms with Gasteiger partial charge in [-0.2, -0.15) is 5.10 Å². The monoisotopic (exact) mass is 389 g/mol. The third kappa shape index (κ3) is 3.17. The molecule has 0 atom stereocenters. The zero-order valence-electron chi connectivity index (χ0n) is 14.9. The average molecular weight is 390 g/mol. The molecule has 2 heterocycles. The van der Waals surface area contributed by atoms with E-state index in [4.69, 9.17) is 0 Å². The minimum atomic E-state index is -3.87. The highest BCUT2D eigenvalue weighted by Gasteiger charge is 2.29. The maximum atomic E-state index is 13.1. The van der Waals surface area contributed by atoms with Crippen LogP contribution in [-0.4, -0.2) is 31.2 Å². The Morgan fingerprint density at radius 3 is 2.50 bits per heavy atom. The van der Waals surface area contributed by atoms with Crippen LogP contribution in [0.2, 0.25) is 0 Å². The fourth-order valence-electron chi connectivity index (χ4n) is 2.70. The van der Waals surface area contributed by atoms with Gasteiger partial charge in [-0.15, -0.1) is 11.3 Å². The first-order valence-corrected chi connectivity index (χ1v) is 10.2. The molecule has 0 aliphatic heterocycles. The van der Waals surface area contributed by atoms with Gasteiger partial charge in [0.05, 0.1) is 11.4 Å². The molecule has 0 unspecified atom stereocenters. The molecule has 26 heavy (non-hydrogen) atoms. The molecule has 0 saturated carbocycles. The Morgan fingerprint density at radius 2 is 1.88 bits per heavy atom. The third-order valence-electron chi connectivity index (χ3n) is 4.03. The van der Waals surface area contributed by atoms with Gasteiger partial charge in [0, 0.05) is 12.7 Å². The fourth-order valence-corrected chi connectivity index (χ4v) is 5.20. The number of hydrogen-bond donors (Lipinski definition) is 0. The molecule has 0 aliphatic rings. The molecule has 2 aromatic heterocycles. The zero-order chi connectivity index (χ0) is 19.1. The molecular formula is C18H19N3O3S2. The number of carbonyl (C=O) groups is 1. The average Bonchev–Trinajstić information content (AvgIpc) is 3.20. The Hall–Kier alpha value is -2.45. The summed E-state index contributed by atoms with van der Waals surface area (Å²) in [7, 11) is -2.39. The molecule has 3 aromatic rings. The largest absolute Gasteiger partial charge is 0.289 e. The lowest BCUT2D eigenvalue weighted by molar-refractivity contribution is 0.0943. The molecule has 0 fully saturated rings. The van der Waals surface area contributed by atoms with Gasteiger partial charge < -0.3 is 0 Å². The molecule has 3 rings (SSSR count). The van der Waals surface area contributed by atoms with Crippen molar-refractivity contribution in [1.82, 2.24) is 9.78 Å². The maximum absolute atomic E-state index is 13.1. The van der Waals surface area contributed by atoms with Gasteiger partial charge in [-0.1, -0.05) is 12.1 Å². The van der Waals surface area contributed by atoms with Crippen molar-refractivity contribution in [3.63, 3.8) is 0 Å². The van der Waals surface area contributed by atoms with E-state index in [-0.39, 0.29) is 9.77 Å². The van der Waals surface area contributed by atoms with E-state index < -0.39 is 15.9 Å². The lowest BCUT2D eigenvalue weighted by Gasteiger charge is -2.20. The number of anilines is 1. The van der Waals surface area contributed by atoms with Crippen molar-refractivity contribution in [2.24, 2.45) is 0 Å². The lowest BCUT2D eigenvalue weighted by atomic mass is 10.2. The minimum Gasteiger partial charge on any atom is -0.269 e. The number of nitrogens with zero attached hydrogens (tertiary/aromatic N) is 3. The second-order valence-electron chi connectivity index (χ2n) is 6.07. The smallest absolute Gasteiger partial charge is 0.269 e. The van der Waals surface area contributed by atoms with Crippen molar-refractivity contribution in [3.05, 3.63) is 63.6 Å². The number of carbonyl (C=O) groups excluding carboxylic acids is 1. The second-order valence-corrected chi connectivity index (χ2v) is 8.92. The van der Waals surface area contributed by atoms with Gasteiger partial charge >= 0.3 is 0 Å². The van der Waals surface area contributed by atoms with Crippen LogP contribution in [0.25, 0.3) is 0 Å². The van der Waals surface area contributed by atoms with Crippen molar-refractivity contribution in [1.29, 1.82) is 0 Å². The molecule has 0 aliphatic carbocycles. The molecule has 6 nitrogen and oxygen atoms in total. The summed E-state index contributed by atoms with van der Waals surface area (Å²) in [5.74, 6) is -0.443. The molecule has 0 radical (unpaired) electrons. The van der Waals surface area contributed by atoms with Gasteiger partial charge in [-0.3, -0.25) is 9.10 Å². The Balaban J connectivity index is 2.04. The van der Waals surface area contributed by atoms with Crippen molar-refractivity contribution in [2.45, 2.75) is 25.7 Å². The fraction of sp³-hybridized carbons (Fsp3) is 0.222. The second kappa shape index (κ2) is 6.69. The summed E-state index contributed by atoms with van der Waals surface area (Å²) in [6.07, 6.45) is 0. The summed E-state index contributed by atoms with van der Waals surface area (Å²) in [5, 5.41) is 5.78. The molecule has 0 saturated heterocycles. The van der Waals surface area contributed by atoms with Crippen LogP contribution in [0, 0.1) is 20.8 Å². The summed E-state index contributed by atoms with van der Waals surface area (Å²) in [5.41, 5.74) is 2.86. The molecule has 0 bridgehead atoms. The number of aromatic nitrogens is 2. The lowest BCUT2D eigenvalue weighted by Crippen LogP contribution is -2.28. The number of hydrogen-bond acceptors (Lipinski definition) is 5. The van der Waals surface area contributed by atoms with Crippen LogP contribution in [0.4, 0.5) is 5.69 Å². The Kier molecular flexibility index (Phi) is 4.72. The molecule has 136 valence electrons. The molecule has 8 heteroatoms. The molecule has 0 spiro atoms. The van der Waals surface area contributed by atoms with Gasteiger partial charge in [0.15, 0.2) is 0 Å². The topological polar surface area (TPSA) is 72.3 Å². The predicted molar refractivity (Wildman–Crippen MR) is 103 cm³/mol. The van der Waals surface area contributed by atoms with Crippen LogP contribution in [0.3, 0.4) is 0 Å². The normalized spacial score (nSPS) is 11.5. The number of benzene rings is 1. The minimum absolute atomic E-state index is 0.0101. The van der Waals surface area contributed by atoms with E-state index >= 15 is 0 Å². The number of thiophene rings is 1. The van der Waals surface area contributed by atoms with Gasteiger partial charge in [0.25, 0.3) is 15.9 Å². The zero-order valence-corrected chi connectivity index (χ0v) is 16.6. The van der Waals surface area contributed by atoms with E-state index in [1.165, 1.54) is 22.1 Å². The Bertz CT molecular complexity index is 1080. The summed E-state index contributed by atoms with van der Waals surface area (Å²) in [6, 6.07) is 10.4. The summed E-state index contributed by atoms with van der Waals surface area (Å²) >= 11 is 1.10. The Morgan fingerprint density at radius 1 is 1.15 bits per heavy atom. The number of rotatable bonds is 4.